The molecule has 1 fully saturated rings. The third-order valence-electron chi connectivity index (χ3n) is 2.78. The minimum Gasteiger partial charge on any atom is -0.480 e. The van der Waals surface area contributed by atoms with Gasteiger partial charge in [0.25, 0.3) is 0 Å². The maximum Gasteiger partial charge on any atom is 0.317 e. The van der Waals surface area contributed by atoms with Gasteiger partial charge in [-0.05, 0) is 25.0 Å². The number of rotatable bonds is 3. The Bertz CT molecular complexity index is 400. The van der Waals surface area contributed by atoms with Gasteiger partial charge in [0, 0.05) is 6.04 Å². The van der Waals surface area contributed by atoms with E-state index in [1.54, 1.807) is 6.07 Å². The molecule has 0 atom stereocenters. The number of aliphatic hydroxyl groups is 1. The molecule has 0 amide bonds. The standard InChI is InChI=1S/C6H13N.C6H6O3.C2H5NO2/c7-6-4-2-1-3-5-6;7-3-5-1-2-6(4-8)9-5;3-1-2(4)5/h6H,1-5,7H2;1-3,8H,4H2;1,3H2,(H,4,5). The molecule has 21 heavy (non-hydrogen) atoms. The number of hydrogen-bond acceptors (Lipinski definition) is 6. The van der Waals surface area contributed by atoms with Crippen LogP contribution >= 0.6 is 0 Å². The number of furan rings is 1. The second kappa shape index (κ2) is 12.1. The Morgan fingerprint density at radius 3 is 2.14 bits per heavy atom. The van der Waals surface area contributed by atoms with Crippen molar-refractivity contribution in [3.63, 3.8) is 0 Å². The Kier molecular flexibility index (Phi) is 11.1. The number of aliphatic carboxylic acids is 1. The van der Waals surface area contributed by atoms with Gasteiger partial charge in [-0.25, -0.2) is 0 Å². The first-order chi connectivity index (χ1) is 10.0. The normalized spacial score (nSPS) is 14.2. The van der Waals surface area contributed by atoms with Gasteiger partial charge < -0.3 is 26.1 Å². The van der Waals surface area contributed by atoms with Crippen LogP contribution in [0.5, 0.6) is 0 Å². The van der Waals surface area contributed by atoms with Crippen LogP contribution in [-0.4, -0.2) is 35.1 Å². The van der Waals surface area contributed by atoms with Gasteiger partial charge in [-0.3, -0.25) is 9.59 Å². The molecule has 0 unspecified atom stereocenters. The van der Waals surface area contributed by atoms with Crippen molar-refractivity contribution >= 4 is 12.3 Å². The molecule has 7 heteroatoms. The lowest BCUT2D eigenvalue weighted by atomic mass is 9.97. The van der Waals surface area contributed by atoms with Crippen molar-refractivity contribution in [3.05, 3.63) is 23.7 Å². The highest BCUT2D eigenvalue weighted by molar-refractivity contribution is 5.70. The first-order valence-corrected chi connectivity index (χ1v) is 6.85. The van der Waals surface area contributed by atoms with E-state index in [0.717, 1.165) is 0 Å². The molecule has 0 radical (unpaired) electrons. The molecule has 0 aliphatic heterocycles. The number of carboxylic acid groups (broad SMARTS) is 1. The predicted octanol–water partition coefficient (Wildman–Crippen LogP) is 0.892. The second-order valence-corrected chi connectivity index (χ2v) is 4.58. The fraction of sp³-hybridized carbons (Fsp3) is 0.571. The summed E-state index contributed by atoms with van der Waals surface area (Å²) < 4.78 is 4.76. The van der Waals surface area contributed by atoms with E-state index < -0.39 is 5.97 Å². The van der Waals surface area contributed by atoms with Crippen LogP contribution in [0.25, 0.3) is 0 Å². The molecule has 0 saturated heterocycles. The highest BCUT2D eigenvalue weighted by Gasteiger charge is 2.06. The molecule has 1 saturated carbocycles. The van der Waals surface area contributed by atoms with E-state index in [9.17, 15) is 9.59 Å². The van der Waals surface area contributed by atoms with E-state index in [1.165, 1.54) is 38.2 Å². The summed E-state index contributed by atoms with van der Waals surface area (Å²) in [4.78, 5) is 19.2. The zero-order valence-corrected chi connectivity index (χ0v) is 12.0. The summed E-state index contributed by atoms with van der Waals surface area (Å²) >= 11 is 0. The van der Waals surface area contributed by atoms with Crippen LogP contribution in [0, 0.1) is 0 Å². The summed E-state index contributed by atoms with van der Waals surface area (Å²) in [5.41, 5.74) is 10.2. The Hall–Kier alpha value is -1.70. The number of aliphatic hydroxyl groups excluding tert-OH is 1. The number of carbonyl (C=O) groups excluding carboxylic acids is 1. The summed E-state index contributed by atoms with van der Waals surface area (Å²) in [7, 11) is 0. The number of nitrogens with two attached hydrogens (primary N) is 2. The van der Waals surface area contributed by atoms with Gasteiger partial charge in [0.05, 0.1) is 6.54 Å². The summed E-state index contributed by atoms with van der Waals surface area (Å²) in [5.74, 6) is -0.304. The Labute approximate surface area is 123 Å². The van der Waals surface area contributed by atoms with Crippen molar-refractivity contribution in [2.75, 3.05) is 6.54 Å². The number of carbonyl (C=O) groups is 2. The number of hydrogen-bond donors (Lipinski definition) is 4. The molecule has 2 rings (SSSR count). The molecule has 1 aromatic rings. The zero-order valence-electron chi connectivity index (χ0n) is 12.0. The molecular formula is C14H24N2O5. The van der Waals surface area contributed by atoms with Crippen molar-refractivity contribution < 1.29 is 24.2 Å². The molecule has 0 spiro atoms. The fourth-order valence-electron chi connectivity index (χ4n) is 1.68. The number of carboxylic acids is 1. The quantitative estimate of drug-likeness (QED) is 0.608. The summed E-state index contributed by atoms with van der Waals surface area (Å²) in [6.07, 6.45) is 7.26. The van der Waals surface area contributed by atoms with Gasteiger partial charge in [-0.2, -0.15) is 0 Å². The van der Waals surface area contributed by atoms with E-state index in [2.05, 4.69) is 5.73 Å². The maximum atomic E-state index is 9.96. The van der Waals surface area contributed by atoms with E-state index in [1.807, 2.05) is 0 Å². The topological polar surface area (TPSA) is 140 Å². The lowest BCUT2D eigenvalue weighted by molar-refractivity contribution is -0.135. The fourth-order valence-corrected chi connectivity index (χ4v) is 1.68. The molecule has 0 aromatic carbocycles. The SMILES string of the molecule is NC1CCCCC1.NCC(=O)O.O=Cc1ccc(CO)o1. The minimum atomic E-state index is -0.968. The van der Waals surface area contributed by atoms with E-state index in [-0.39, 0.29) is 18.9 Å². The average molecular weight is 300 g/mol. The highest BCUT2D eigenvalue weighted by Crippen LogP contribution is 2.14. The zero-order chi connectivity index (χ0) is 16.1. The van der Waals surface area contributed by atoms with Gasteiger partial charge in [-0.1, -0.05) is 19.3 Å². The van der Waals surface area contributed by atoms with Crippen LogP contribution in [0.1, 0.15) is 48.4 Å². The lowest BCUT2D eigenvalue weighted by Gasteiger charge is -2.15. The largest absolute Gasteiger partial charge is 0.480 e. The van der Waals surface area contributed by atoms with E-state index in [4.69, 9.17) is 20.4 Å². The van der Waals surface area contributed by atoms with Gasteiger partial charge in [0.2, 0.25) is 0 Å². The average Bonchev–Trinajstić information content (AvgIpc) is 2.97. The Morgan fingerprint density at radius 1 is 1.33 bits per heavy atom. The van der Waals surface area contributed by atoms with E-state index >= 15 is 0 Å². The van der Waals surface area contributed by atoms with Gasteiger partial charge in [0.15, 0.2) is 12.0 Å². The lowest BCUT2D eigenvalue weighted by Crippen LogP contribution is -2.22. The molecule has 1 heterocycles. The van der Waals surface area contributed by atoms with Crippen molar-refractivity contribution in [2.24, 2.45) is 11.5 Å². The van der Waals surface area contributed by atoms with Gasteiger partial charge >= 0.3 is 5.97 Å². The van der Waals surface area contributed by atoms with Crippen LogP contribution in [0.2, 0.25) is 0 Å². The number of aldehydes is 1. The summed E-state index contributed by atoms with van der Waals surface area (Å²) in [6, 6.07) is 3.61. The monoisotopic (exact) mass is 300 g/mol. The van der Waals surface area contributed by atoms with Crippen LogP contribution in [0.15, 0.2) is 16.5 Å². The molecule has 1 aliphatic rings. The molecule has 7 nitrogen and oxygen atoms in total. The molecular weight excluding hydrogens is 276 g/mol. The third kappa shape index (κ3) is 10.7. The Morgan fingerprint density at radius 2 is 1.90 bits per heavy atom. The third-order valence-corrected chi connectivity index (χ3v) is 2.78. The highest BCUT2D eigenvalue weighted by atomic mass is 16.4. The second-order valence-electron chi connectivity index (χ2n) is 4.58. The van der Waals surface area contributed by atoms with Crippen molar-refractivity contribution in [1.29, 1.82) is 0 Å². The van der Waals surface area contributed by atoms with Crippen LogP contribution in [-0.2, 0) is 11.4 Å². The van der Waals surface area contributed by atoms with Crippen molar-refractivity contribution in [3.8, 4) is 0 Å². The molecule has 0 bridgehead atoms. The molecule has 6 N–H and O–H groups in total. The van der Waals surface area contributed by atoms with Gasteiger partial charge in [0.1, 0.15) is 12.4 Å². The van der Waals surface area contributed by atoms with Crippen LogP contribution < -0.4 is 11.5 Å². The first kappa shape index (κ1) is 19.3. The first-order valence-electron chi connectivity index (χ1n) is 6.85. The molecule has 120 valence electrons. The summed E-state index contributed by atoms with van der Waals surface area (Å²) in [6.45, 7) is -0.437. The minimum absolute atomic E-state index is 0.159. The van der Waals surface area contributed by atoms with Crippen LogP contribution in [0.3, 0.4) is 0 Å². The van der Waals surface area contributed by atoms with Gasteiger partial charge in [-0.15, -0.1) is 0 Å². The van der Waals surface area contributed by atoms with Crippen LogP contribution in [0.4, 0.5) is 0 Å². The van der Waals surface area contributed by atoms with Crippen molar-refractivity contribution in [2.45, 2.75) is 44.8 Å². The molecule has 1 aliphatic carbocycles. The smallest absolute Gasteiger partial charge is 0.317 e. The molecule has 1 aromatic heterocycles. The maximum absolute atomic E-state index is 9.96. The van der Waals surface area contributed by atoms with Crippen molar-refractivity contribution in [1.82, 2.24) is 0 Å². The van der Waals surface area contributed by atoms with E-state index in [0.29, 0.717) is 18.1 Å². The summed E-state index contributed by atoms with van der Waals surface area (Å²) in [5, 5.41) is 16.0. The predicted molar refractivity (Wildman–Crippen MR) is 77.8 cm³/mol. The Balaban J connectivity index is 0.000000300.